The number of fused-ring (bicyclic) bond motifs is 8. The molecule has 4 nitrogen and oxygen atoms in total. The molecule has 8 aromatic carbocycles. The zero-order chi connectivity index (χ0) is 34.2. The number of para-hydroxylation sites is 4. The molecule has 0 aliphatic carbocycles. The maximum absolute atomic E-state index is 6.59. The summed E-state index contributed by atoms with van der Waals surface area (Å²) in [6.45, 7) is 0. The number of anilines is 2. The average molecular weight is 666 g/mol. The molecule has 1 aliphatic heterocycles. The Morgan fingerprint density at radius 3 is 1.02 bits per heavy atom. The van der Waals surface area contributed by atoms with Crippen molar-refractivity contribution < 1.29 is 4.74 Å². The first-order valence-electron chi connectivity index (χ1n) is 17.7. The molecule has 0 bridgehead atoms. The van der Waals surface area contributed by atoms with Crippen LogP contribution in [0.15, 0.2) is 182 Å². The van der Waals surface area contributed by atoms with Gasteiger partial charge in [0.25, 0.3) is 0 Å². The second-order valence-electron chi connectivity index (χ2n) is 13.5. The lowest BCUT2D eigenvalue weighted by Gasteiger charge is -2.23. The normalized spacial score (nSPS) is 12.2. The van der Waals surface area contributed by atoms with Gasteiger partial charge in [-0.2, -0.15) is 0 Å². The third-order valence-electron chi connectivity index (χ3n) is 10.5. The minimum Gasteiger partial charge on any atom is -0.453 e. The third kappa shape index (κ3) is 4.41. The number of hydrogen-bond acceptors (Lipinski definition) is 2. The Hall–Kier alpha value is -7.04. The molecule has 0 saturated heterocycles. The largest absolute Gasteiger partial charge is 0.453 e. The van der Waals surface area contributed by atoms with E-state index in [0.29, 0.717) is 0 Å². The van der Waals surface area contributed by atoms with Crippen LogP contribution in [0, 0.1) is 0 Å². The van der Waals surface area contributed by atoms with Crippen LogP contribution < -0.4 is 10.1 Å². The Balaban J connectivity index is 0.888. The second kappa shape index (κ2) is 11.2. The van der Waals surface area contributed by atoms with E-state index in [9.17, 15) is 0 Å². The molecule has 244 valence electrons. The van der Waals surface area contributed by atoms with E-state index in [1.807, 2.05) is 0 Å². The molecule has 10 aromatic rings. The maximum atomic E-state index is 6.59. The van der Waals surface area contributed by atoms with Gasteiger partial charge in [0.05, 0.1) is 33.4 Å². The third-order valence-corrected chi connectivity index (χ3v) is 10.5. The molecule has 1 N–H and O–H groups in total. The number of hydrogen-bond donors (Lipinski definition) is 1. The summed E-state index contributed by atoms with van der Waals surface area (Å²) >= 11 is 0. The van der Waals surface area contributed by atoms with E-state index in [1.165, 1.54) is 43.6 Å². The van der Waals surface area contributed by atoms with Gasteiger partial charge in [-0.3, -0.25) is 0 Å². The number of benzene rings is 8. The van der Waals surface area contributed by atoms with Crippen LogP contribution in [-0.2, 0) is 0 Å². The smallest absolute Gasteiger partial charge is 0.151 e. The van der Waals surface area contributed by atoms with E-state index >= 15 is 0 Å². The summed E-state index contributed by atoms with van der Waals surface area (Å²) in [7, 11) is 0. The first kappa shape index (κ1) is 28.8. The minimum absolute atomic E-state index is 0.815. The Bertz CT molecular complexity index is 2690. The molecule has 3 heterocycles. The Labute approximate surface area is 300 Å². The molecular formula is C48H31N3O. The van der Waals surface area contributed by atoms with Crippen molar-refractivity contribution >= 4 is 55.0 Å². The van der Waals surface area contributed by atoms with Gasteiger partial charge in [-0.15, -0.1) is 0 Å². The van der Waals surface area contributed by atoms with Crippen molar-refractivity contribution in [3.63, 3.8) is 0 Å². The van der Waals surface area contributed by atoms with Crippen molar-refractivity contribution in [3.05, 3.63) is 182 Å². The quantitative estimate of drug-likeness (QED) is 0.203. The fourth-order valence-corrected chi connectivity index (χ4v) is 8.05. The lowest BCUT2D eigenvalue weighted by Crippen LogP contribution is -2.03. The molecule has 11 rings (SSSR count). The summed E-state index contributed by atoms with van der Waals surface area (Å²) < 4.78 is 11.3. The molecule has 0 radical (unpaired) electrons. The number of nitrogens with zero attached hydrogens (tertiary/aromatic N) is 2. The zero-order valence-electron chi connectivity index (χ0n) is 28.1. The van der Waals surface area contributed by atoms with Gasteiger partial charge in [0.1, 0.15) is 0 Å². The van der Waals surface area contributed by atoms with Crippen LogP contribution in [0.4, 0.5) is 11.4 Å². The molecule has 4 heteroatoms. The van der Waals surface area contributed by atoms with Gasteiger partial charge in [-0.05, 0) is 95.1 Å². The molecule has 0 atom stereocenters. The van der Waals surface area contributed by atoms with Crippen LogP contribution in [0.2, 0.25) is 0 Å². The standard InChI is InChI=1S/C48H31N3O/c1-5-13-43-37(9-1)38-10-2-6-14-44(38)50(43)35-23-17-31(18-24-35)33-21-27-41-47(29-33)52-48-30-34(22-28-42(48)49-41)32-19-25-36(26-20-32)51-45-15-7-3-11-39(45)40-12-4-8-16-46(40)51/h1-30,49H. The molecular weight excluding hydrogens is 635 g/mol. The first-order chi connectivity index (χ1) is 25.8. The van der Waals surface area contributed by atoms with E-state index in [-0.39, 0.29) is 0 Å². The maximum Gasteiger partial charge on any atom is 0.151 e. The van der Waals surface area contributed by atoms with E-state index in [4.69, 9.17) is 4.74 Å². The fourth-order valence-electron chi connectivity index (χ4n) is 8.05. The van der Waals surface area contributed by atoms with Crippen LogP contribution in [-0.4, -0.2) is 9.13 Å². The van der Waals surface area contributed by atoms with E-state index in [0.717, 1.165) is 56.5 Å². The van der Waals surface area contributed by atoms with Gasteiger partial charge in [-0.25, -0.2) is 0 Å². The van der Waals surface area contributed by atoms with Crippen molar-refractivity contribution in [2.45, 2.75) is 0 Å². The topological polar surface area (TPSA) is 31.1 Å². The van der Waals surface area contributed by atoms with Gasteiger partial charge in [-0.1, -0.05) is 109 Å². The fraction of sp³-hybridized carbons (Fsp3) is 0. The zero-order valence-corrected chi connectivity index (χ0v) is 28.1. The van der Waals surface area contributed by atoms with Gasteiger partial charge < -0.3 is 19.2 Å². The Kier molecular flexibility index (Phi) is 6.22. The molecule has 0 spiro atoms. The predicted octanol–water partition coefficient (Wildman–Crippen LogP) is 13.1. The SMILES string of the molecule is c1ccc2c(c1)c1ccccc1n2-c1ccc(-c2ccc3c(c2)Oc2cc(-c4ccc(-n5c6ccccc6c6ccccc65)cc4)ccc2N3)cc1. The van der Waals surface area contributed by atoms with Crippen molar-refractivity contribution in [1.29, 1.82) is 0 Å². The Morgan fingerprint density at radius 1 is 0.327 bits per heavy atom. The molecule has 0 saturated carbocycles. The molecule has 0 amide bonds. The summed E-state index contributed by atoms with van der Waals surface area (Å²) in [5.74, 6) is 1.63. The van der Waals surface area contributed by atoms with Crippen LogP contribution in [0.3, 0.4) is 0 Å². The summed E-state index contributed by atoms with van der Waals surface area (Å²) in [5, 5.41) is 8.65. The van der Waals surface area contributed by atoms with Crippen molar-refractivity contribution in [1.82, 2.24) is 9.13 Å². The summed E-state index contributed by atoms with van der Waals surface area (Å²) in [6, 6.07) is 64.9. The molecule has 1 aliphatic rings. The Morgan fingerprint density at radius 2 is 0.654 bits per heavy atom. The first-order valence-corrected chi connectivity index (χ1v) is 17.7. The number of nitrogens with one attached hydrogen (secondary N) is 1. The summed E-state index contributed by atoms with van der Waals surface area (Å²) in [6.07, 6.45) is 0. The number of rotatable bonds is 4. The predicted molar refractivity (Wildman–Crippen MR) is 216 cm³/mol. The minimum atomic E-state index is 0.815. The van der Waals surface area contributed by atoms with Crippen molar-refractivity contribution in [2.75, 3.05) is 5.32 Å². The van der Waals surface area contributed by atoms with Crippen molar-refractivity contribution in [3.8, 4) is 45.1 Å². The number of aromatic nitrogens is 2. The second-order valence-corrected chi connectivity index (χ2v) is 13.5. The van der Waals surface area contributed by atoms with Crippen LogP contribution in [0.5, 0.6) is 11.5 Å². The van der Waals surface area contributed by atoms with Crippen LogP contribution in [0.25, 0.3) is 77.2 Å². The van der Waals surface area contributed by atoms with Gasteiger partial charge in [0.15, 0.2) is 11.5 Å². The molecule has 52 heavy (non-hydrogen) atoms. The summed E-state index contributed by atoms with van der Waals surface area (Å²) in [4.78, 5) is 0. The van der Waals surface area contributed by atoms with Crippen LogP contribution >= 0.6 is 0 Å². The lowest BCUT2D eigenvalue weighted by atomic mass is 10.0. The van der Waals surface area contributed by atoms with Gasteiger partial charge >= 0.3 is 0 Å². The highest BCUT2D eigenvalue weighted by atomic mass is 16.5. The lowest BCUT2D eigenvalue weighted by molar-refractivity contribution is 0.481. The molecule has 0 fully saturated rings. The van der Waals surface area contributed by atoms with E-state index in [2.05, 4.69) is 196 Å². The number of ether oxygens (including phenoxy) is 1. The highest BCUT2D eigenvalue weighted by molar-refractivity contribution is 6.10. The van der Waals surface area contributed by atoms with Crippen molar-refractivity contribution in [2.24, 2.45) is 0 Å². The highest BCUT2D eigenvalue weighted by Gasteiger charge is 2.19. The highest BCUT2D eigenvalue weighted by Crippen LogP contribution is 2.45. The van der Waals surface area contributed by atoms with E-state index in [1.54, 1.807) is 0 Å². The van der Waals surface area contributed by atoms with Gasteiger partial charge in [0, 0.05) is 32.9 Å². The molecule has 0 unspecified atom stereocenters. The van der Waals surface area contributed by atoms with Crippen LogP contribution in [0.1, 0.15) is 0 Å². The average Bonchev–Trinajstić information content (AvgIpc) is 3.73. The van der Waals surface area contributed by atoms with Gasteiger partial charge in [0.2, 0.25) is 0 Å². The molecule has 2 aromatic heterocycles. The summed E-state index contributed by atoms with van der Waals surface area (Å²) in [5.41, 5.74) is 13.5. The monoisotopic (exact) mass is 665 g/mol. The van der Waals surface area contributed by atoms with E-state index < -0.39 is 0 Å².